The lowest BCUT2D eigenvalue weighted by Gasteiger charge is -2.28. The Morgan fingerprint density at radius 2 is 0.893 bits per heavy atom. The molecule has 9 amide bonds. The van der Waals surface area contributed by atoms with E-state index in [4.69, 9.17) is 62.4 Å². The summed E-state index contributed by atoms with van der Waals surface area (Å²) in [6.07, 6.45) is 17.6. The highest BCUT2D eigenvalue weighted by molar-refractivity contribution is 8.03. The molecule has 0 fully saturated rings. The molecule has 8 rings (SSSR count). The van der Waals surface area contributed by atoms with Crippen LogP contribution in [0.15, 0.2) is 169 Å². The molecular formula is C86H115Cl2N24O9S+. The average Bonchev–Trinajstić information content (AvgIpc) is 1.54. The number of guanidine groups is 3. The molecule has 22 N–H and O–H groups in total. The van der Waals surface area contributed by atoms with E-state index in [-0.39, 0.29) is 127 Å². The van der Waals surface area contributed by atoms with Crippen LogP contribution in [0.5, 0.6) is 0 Å². The van der Waals surface area contributed by atoms with Crippen LogP contribution in [0.2, 0.25) is 0 Å². The fourth-order valence-corrected chi connectivity index (χ4v) is 15.4. The summed E-state index contributed by atoms with van der Waals surface area (Å²) in [5.41, 5.74) is 29.9. The van der Waals surface area contributed by atoms with Crippen LogP contribution in [0.3, 0.4) is 0 Å². The molecule has 0 bridgehead atoms. The average molecular weight is 1730 g/mol. The molecule has 652 valence electrons. The Hall–Kier alpha value is -12.2. The van der Waals surface area contributed by atoms with E-state index in [0.29, 0.717) is 86.6 Å². The zero-order chi connectivity index (χ0) is 87.6. The van der Waals surface area contributed by atoms with E-state index in [1.165, 1.54) is 29.7 Å². The molecule has 122 heavy (non-hydrogen) atoms. The second-order valence-electron chi connectivity index (χ2n) is 29.7. The molecule has 0 saturated heterocycles. The molecule has 4 aromatic heterocycles. The molecule has 0 unspecified atom stereocenters. The summed E-state index contributed by atoms with van der Waals surface area (Å²) in [5.74, 6) is -6.49. The van der Waals surface area contributed by atoms with Gasteiger partial charge < -0.3 is 91.2 Å². The van der Waals surface area contributed by atoms with E-state index < -0.39 is 89.6 Å². The summed E-state index contributed by atoms with van der Waals surface area (Å²) >= 11 is 13.7. The number of nitrogens with two attached hydrogens (primary N) is 4. The molecule has 0 aliphatic carbocycles. The van der Waals surface area contributed by atoms with Gasteiger partial charge >= 0.3 is 0 Å². The first-order valence-electron chi connectivity index (χ1n) is 41.1. The van der Waals surface area contributed by atoms with E-state index in [1.54, 1.807) is 60.6 Å². The zero-order valence-corrected chi connectivity index (χ0v) is 71.1. The lowest BCUT2D eigenvalue weighted by Crippen LogP contribution is -2.60. The first-order chi connectivity index (χ1) is 58.9. The van der Waals surface area contributed by atoms with Crippen molar-refractivity contribution < 1.29 is 47.7 Å². The number of aromatic nitrogens is 4. The van der Waals surface area contributed by atoms with Crippen molar-refractivity contribution in [2.45, 2.75) is 176 Å². The topological polar surface area (TPSA) is 511 Å². The van der Waals surface area contributed by atoms with Crippen molar-refractivity contribution >= 4 is 134 Å². The molecule has 33 nitrogen and oxygen atoms in total. The summed E-state index contributed by atoms with van der Waals surface area (Å²) in [6, 6.07) is 27.0. The normalized spacial score (nSPS) is 13.6. The maximum Gasteiger partial charge on any atom is 0.243 e. The molecule has 0 radical (unpaired) electrons. The number of amides is 9. The van der Waals surface area contributed by atoms with E-state index in [9.17, 15) is 28.8 Å². The minimum Gasteiger partial charge on any atom is -0.370 e. The number of hydrogen-bond acceptors (Lipinski definition) is 18. The van der Waals surface area contributed by atoms with Crippen molar-refractivity contribution in [3.63, 3.8) is 0 Å². The minimum absolute atomic E-state index is 0.00721. The second kappa shape index (κ2) is 51.4. The van der Waals surface area contributed by atoms with Crippen LogP contribution in [0.4, 0.5) is 11.4 Å². The van der Waals surface area contributed by atoms with Gasteiger partial charge in [-0.2, -0.15) is 4.57 Å². The highest BCUT2D eigenvalue weighted by Crippen LogP contribution is 2.45. The van der Waals surface area contributed by atoms with Gasteiger partial charge in [-0.25, -0.2) is 0 Å². The number of thioether (sulfide) groups is 1. The van der Waals surface area contributed by atoms with Crippen LogP contribution in [0.1, 0.15) is 124 Å². The number of carbonyl (C=O) groups excluding carboxylic acids is 9. The predicted molar refractivity (Wildman–Crippen MR) is 475 cm³/mol. The Morgan fingerprint density at radius 1 is 0.459 bits per heavy atom. The van der Waals surface area contributed by atoms with Crippen molar-refractivity contribution in [2.24, 2.45) is 22.9 Å². The number of nitrogens with one attached hydrogen (secondary N) is 14. The number of rotatable bonds is 53. The summed E-state index contributed by atoms with van der Waals surface area (Å²) in [4.78, 5) is 147. The van der Waals surface area contributed by atoms with Gasteiger partial charge in [0.25, 0.3) is 0 Å². The van der Waals surface area contributed by atoms with Crippen LogP contribution in [-0.2, 0) is 75.4 Å². The van der Waals surface area contributed by atoms with Crippen molar-refractivity contribution in [2.75, 3.05) is 67.9 Å². The third-order valence-electron chi connectivity index (χ3n) is 20.4. The second-order valence-corrected chi connectivity index (χ2v) is 31.5. The molecule has 7 aromatic rings. The smallest absolute Gasteiger partial charge is 0.243 e. The first-order valence-corrected chi connectivity index (χ1v) is 43.0. The number of alkyl halides is 2. The number of hydrogen-bond donors (Lipinski definition) is 18. The number of carbonyl (C=O) groups is 9. The number of benzene rings is 3. The lowest BCUT2D eigenvalue weighted by molar-refractivity contribution is -0.671. The fourth-order valence-electron chi connectivity index (χ4n) is 13.9. The third kappa shape index (κ3) is 32.8. The Labute approximate surface area is 725 Å². The Balaban J connectivity index is 0.937. The van der Waals surface area contributed by atoms with Crippen molar-refractivity contribution in [1.29, 1.82) is 16.2 Å². The van der Waals surface area contributed by atoms with Gasteiger partial charge in [-0.3, -0.25) is 74.3 Å². The van der Waals surface area contributed by atoms with E-state index >= 15 is 14.4 Å². The molecule has 7 atom stereocenters. The van der Waals surface area contributed by atoms with Gasteiger partial charge in [-0.05, 0) is 184 Å². The van der Waals surface area contributed by atoms with Gasteiger partial charge in [0.15, 0.2) is 24.1 Å². The molecule has 1 aliphatic rings. The van der Waals surface area contributed by atoms with Crippen molar-refractivity contribution in [3.8, 4) is 0 Å². The molecule has 36 heteroatoms. The van der Waals surface area contributed by atoms with Gasteiger partial charge in [0.1, 0.15) is 48.8 Å². The predicted octanol–water partition coefficient (Wildman–Crippen LogP) is 4.40. The highest BCUT2D eigenvalue weighted by atomic mass is 35.5. The number of primary amides is 1. The van der Waals surface area contributed by atoms with Crippen LogP contribution >= 0.6 is 35.0 Å². The number of unbranched alkanes of at least 4 members (excludes halogenated alkanes) is 3. The fraction of sp³-hybridized carbons (Fsp3) is 0.419. The number of anilines is 2. The monoisotopic (exact) mass is 1730 g/mol. The molecule has 3 aromatic carbocycles. The summed E-state index contributed by atoms with van der Waals surface area (Å²) < 4.78 is 2.21. The maximum absolute atomic E-state index is 15.2. The molecule has 1 aliphatic heterocycles. The summed E-state index contributed by atoms with van der Waals surface area (Å²) in [6.45, 7) is 2.56. The number of fused-ring (bicyclic) bond motifs is 2. The first kappa shape index (κ1) is 95.3. The Kier molecular flexibility index (Phi) is 40.2. The summed E-state index contributed by atoms with van der Waals surface area (Å²) in [7, 11) is 2.07. The number of nitrogens with zero attached hydrogens (tertiary/aromatic N) is 6. The largest absolute Gasteiger partial charge is 0.370 e. The van der Waals surface area contributed by atoms with Gasteiger partial charge in [-0.1, -0.05) is 48.2 Å². The van der Waals surface area contributed by atoms with Crippen molar-refractivity contribution in [1.82, 2.24) is 73.4 Å². The third-order valence-corrected chi connectivity index (χ3v) is 21.9. The molecular weight excluding hydrogens is 1620 g/mol. The maximum atomic E-state index is 15.2. The quantitative estimate of drug-likeness (QED) is 0.00825. The van der Waals surface area contributed by atoms with Gasteiger partial charge in [0, 0.05) is 156 Å². The zero-order valence-electron chi connectivity index (χ0n) is 68.8. The standard InChI is InChI=1S/C86H114Cl2N24O9S/c1-110-72-22-6-7-23-73(72)122-76(110)56-61-36-50-112(71-21-5-4-16-63(61)71)49-10-2-3-24-75(114)103-68(53-58-30-43-96-44-31-58)81(119)105-66(19-13-41-101-85(92)93)79(117)108-70(55-60-34-47-98-48-35-60)83(121)107-67(20-14-42-102-86(94)95)80(118)109-69(54-59-32-45-97-46-33-59)82(120)106-65(18-12-40-100-84(90)91)78(116)104-64(77(89)115)17-8-9-39-99-74(113)25-11-15-57-26-28-62(29-27-57)111(51-37-87)52-38-88/h4-7,16,21-23,26-36,43-48,50,56,64-70H,2-3,8-15,17-20,24-25,37-42,49,51-55H2,1H3,(H21-,89,90,91,92,93,94,95,99,100,101,102,103,104,105,106,107,108,109,113,114,115,116,117,118,119,120,121)/p+1/t64-,65-,66-,67-,68+,69+,70+/m1/s1. The van der Waals surface area contributed by atoms with E-state index in [1.807, 2.05) is 48.5 Å². The summed E-state index contributed by atoms with van der Waals surface area (Å²) in [5, 5.41) is 56.2. The van der Waals surface area contributed by atoms with Crippen LogP contribution < -0.4 is 95.8 Å². The van der Waals surface area contributed by atoms with Gasteiger partial charge in [-0.15, -0.1) is 23.2 Å². The van der Waals surface area contributed by atoms with E-state index in [0.717, 1.165) is 44.9 Å². The van der Waals surface area contributed by atoms with Gasteiger partial charge in [0.2, 0.25) is 58.7 Å². The minimum atomic E-state index is -1.48. The molecule has 0 saturated carbocycles. The number of para-hydroxylation sites is 2. The number of aryl methyl sites for hydroxylation is 2. The number of halogens is 2. The van der Waals surface area contributed by atoms with Crippen LogP contribution in [-0.4, -0.2) is 186 Å². The molecule has 5 heterocycles. The lowest BCUT2D eigenvalue weighted by atomic mass is 10.0. The van der Waals surface area contributed by atoms with Gasteiger partial charge in [0.05, 0.1) is 16.1 Å². The Morgan fingerprint density at radius 3 is 1.38 bits per heavy atom. The van der Waals surface area contributed by atoms with E-state index in [2.05, 4.69) is 137 Å². The van der Waals surface area contributed by atoms with Crippen LogP contribution in [0.25, 0.3) is 17.0 Å². The van der Waals surface area contributed by atoms with Crippen molar-refractivity contribution in [3.05, 3.63) is 191 Å². The Bertz CT molecular complexity index is 4640. The van der Waals surface area contributed by atoms with Crippen LogP contribution in [0, 0.1) is 16.2 Å². The SMILES string of the molecule is CN1/C(=C\c2cc[n+](CCCCCC(=O)N[C@@H](Cc3ccncc3)C(=O)N[C@H](CCCNC(=N)N)C(=O)N[C@@H](Cc3ccncc3)C(=O)N[C@H](CCCNC(=N)N)C(=O)N[C@@H](Cc3ccncc3)C(=O)N[C@H](CCCNC(=N)N)C(=O)N[C@H](CCCCNC(=O)CCCc3ccc(N(CCCl)CCCl)cc3)C(N)=O)c3ccccc23)Sc2ccccc21. The molecule has 0 spiro atoms. The number of pyridine rings is 4. The highest BCUT2D eigenvalue weighted by Gasteiger charge is 2.35.